The summed E-state index contributed by atoms with van der Waals surface area (Å²) in [5.41, 5.74) is 0. The Labute approximate surface area is 86.5 Å². The van der Waals surface area contributed by atoms with Gasteiger partial charge < -0.3 is 5.32 Å². The van der Waals surface area contributed by atoms with E-state index in [1.807, 2.05) is 11.8 Å². The molecular weight excluding hydrogens is 180 g/mol. The molecule has 0 aromatic heterocycles. The Morgan fingerprint density at radius 1 is 1.38 bits per heavy atom. The molecule has 0 aromatic carbocycles. The molecule has 1 aliphatic heterocycles. The van der Waals surface area contributed by atoms with Gasteiger partial charge in [0.1, 0.15) is 0 Å². The van der Waals surface area contributed by atoms with Crippen molar-refractivity contribution in [3.05, 3.63) is 0 Å². The number of nitrogens with one attached hydrogen (secondary N) is 1. The van der Waals surface area contributed by atoms with Gasteiger partial charge in [-0.3, -0.25) is 4.90 Å². The van der Waals surface area contributed by atoms with Gasteiger partial charge >= 0.3 is 0 Å². The van der Waals surface area contributed by atoms with Gasteiger partial charge in [-0.25, -0.2) is 0 Å². The van der Waals surface area contributed by atoms with Crippen LogP contribution < -0.4 is 5.32 Å². The lowest BCUT2D eigenvalue weighted by atomic mass is 10.1. The van der Waals surface area contributed by atoms with E-state index in [1.165, 1.54) is 44.8 Å². The van der Waals surface area contributed by atoms with Crippen molar-refractivity contribution in [3.8, 4) is 0 Å². The van der Waals surface area contributed by atoms with E-state index in [9.17, 15) is 0 Å². The number of hydrogen-bond acceptors (Lipinski definition) is 3. The van der Waals surface area contributed by atoms with E-state index in [-0.39, 0.29) is 0 Å². The molecule has 0 bridgehead atoms. The normalized spacial score (nSPS) is 17.8. The fourth-order valence-electron chi connectivity index (χ4n) is 1.71. The summed E-state index contributed by atoms with van der Waals surface area (Å²) in [6, 6.07) is 0.835. The molecule has 0 aliphatic carbocycles. The molecule has 78 valence electrons. The van der Waals surface area contributed by atoms with Gasteiger partial charge in [0.05, 0.1) is 0 Å². The standard InChI is InChI=1S/C10H22N2S/c1-3-5-12(6-4-7-13-2)10-8-11-9-10/h10-11H,3-9H2,1-2H3. The molecule has 1 fully saturated rings. The zero-order valence-electron chi connectivity index (χ0n) is 8.88. The molecule has 1 rings (SSSR count). The number of thioether (sulfide) groups is 1. The molecule has 0 spiro atoms. The topological polar surface area (TPSA) is 15.3 Å². The van der Waals surface area contributed by atoms with Crippen LogP contribution in [-0.4, -0.2) is 49.1 Å². The number of nitrogens with zero attached hydrogens (tertiary/aromatic N) is 1. The summed E-state index contributed by atoms with van der Waals surface area (Å²) in [5, 5.41) is 3.34. The lowest BCUT2D eigenvalue weighted by molar-refractivity contribution is 0.146. The van der Waals surface area contributed by atoms with Crippen molar-refractivity contribution in [2.24, 2.45) is 0 Å². The van der Waals surface area contributed by atoms with Crippen molar-refractivity contribution < 1.29 is 0 Å². The van der Waals surface area contributed by atoms with Crippen LogP contribution in [0.1, 0.15) is 19.8 Å². The SMILES string of the molecule is CCCN(CCCSC)C1CNC1. The summed E-state index contributed by atoms with van der Waals surface area (Å²) in [4.78, 5) is 2.65. The van der Waals surface area contributed by atoms with Crippen molar-refractivity contribution in [2.75, 3.05) is 38.2 Å². The van der Waals surface area contributed by atoms with Crippen LogP contribution in [0.3, 0.4) is 0 Å². The van der Waals surface area contributed by atoms with Gasteiger partial charge in [-0.1, -0.05) is 6.92 Å². The highest BCUT2D eigenvalue weighted by molar-refractivity contribution is 7.98. The number of hydrogen-bond donors (Lipinski definition) is 1. The molecule has 3 heteroatoms. The Balaban J connectivity index is 2.12. The van der Waals surface area contributed by atoms with Crippen LogP contribution in [0.2, 0.25) is 0 Å². The summed E-state index contributed by atoms with van der Waals surface area (Å²) in [6.07, 6.45) is 4.82. The summed E-state index contributed by atoms with van der Waals surface area (Å²) in [5.74, 6) is 1.31. The minimum absolute atomic E-state index is 0.835. The molecule has 2 nitrogen and oxygen atoms in total. The van der Waals surface area contributed by atoms with Crippen LogP contribution in [0, 0.1) is 0 Å². The molecule has 0 atom stereocenters. The minimum Gasteiger partial charge on any atom is -0.314 e. The van der Waals surface area contributed by atoms with E-state index in [1.54, 1.807) is 0 Å². The largest absolute Gasteiger partial charge is 0.314 e. The first kappa shape index (κ1) is 11.3. The van der Waals surface area contributed by atoms with E-state index in [0.29, 0.717) is 0 Å². The molecule has 0 radical (unpaired) electrons. The molecule has 0 amide bonds. The van der Waals surface area contributed by atoms with Crippen LogP contribution in [0.5, 0.6) is 0 Å². The average Bonchev–Trinajstić information content (AvgIpc) is 2.02. The zero-order valence-corrected chi connectivity index (χ0v) is 9.70. The van der Waals surface area contributed by atoms with Gasteiger partial charge in [-0.05, 0) is 37.9 Å². The van der Waals surface area contributed by atoms with E-state index in [2.05, 4.69) is 23.4 Å². The van der Waals surface area contributed by atoms with E-state index < -0.39 is 0 Å². The Morgan fingerprint density at radius 2 is 2.15 bits per heavy atom. The molecule has 0 unspecified atom stereocenters. The lowest BCUT2D eigenvalue weighted by Crippen LogP contribution is -2.57. The summed E-state index contributed by atoms with van der Waals surface area (Å²) in [7, 11) is 0. The Hall–Kier alpha value is 0.270. The Morgan fingerprint density at radius 3 is 2.62 bits per heavy atom. The summed E-state index contributed by atoms with van der Waals surface area (Å²) < 4.78 is 0. The van der Waals surface area contributed by atoms with Crippen LogP contribution in [-0.2, 0) is 0 Å². The average molecular weight is 202 g/mol. The summed E-state index contributed by atoms with van der Waals surface area (Å²) in [6.45, 7) is 7.26. The zero-order chi connectivity index (χ0) is 9.52. The van der Waals surface area contributed by atoms with E-state index in [4.69, 9.17) is 0 Å². The Kier molecular flexibility index (Phi) is 5.83. The van der Waals surface area contributed by atoms with Gasteiger partial charge in [0.2, 0.25) is 0 Å². The first-order valence-corrected chi connectivity index (χ1v) is 6.71. The molecule has 1 heterocycles. The minimum atomic E-state index is 0.835. The molecule has 0 aromatic rings. The number of rotatable bonds is 7. The van der Waals surface area contributed by atoms with Gasteiger partial charge in [-0.2, -0.15) is 11.8 Å². The van der Waals surface area contributed by atoms with Gasteiger partial charge in [0.15, 0.2) is 0 Å². The van der Waals surface area contributed by atoms with Gasteiger partial charge in [0.25, 0.3) is 0 Å². The maximum atomic E-state index is 3.34. The van der Waals surface area contributed by atoms with Gasteiger partial charge in [-0.15, -0.1) is 0 Å². The smallest absolute Gasteiger partial charge is 0.0345 e. The molecule has 1 saturated heterocycles. The predicted octanol–water partition coefficient (Wildman–Crippen LogP) is 1.42. The van der Waals surface area contributed by atoms with Crippen molar-refractivity contribution in [1.29, 1.82) is 0 Å². The predicted molar refractivity (Wildman–Crippen MR) is 61.5 cm³/mol. The monoisotopic (exact) mass is 202 g/mol. The van der Waals surface area contributed by atoms with Crippen LogP contribution in [0.25, 0.3) is 0 Å². The fourth-order valence-corrected chi connectivity index (χ4v) is 2.13. The third kappa shape index (κ3) is 3.88. The molecule has 1 aliphatic rings. The maximum absolute atomic E-state index is 3.34. The maximum Gasteiger partial charge on any atom is 0.0345 e. The van der Waals surface area contributed by atoms with Crippen LogP contribution in [0.4, 0.5) is 0 Å². The second-order valence-corrected chi connectivity index (χ2v) is 4.68. The van der Waals surface area contributed by atoms with Gasteiger partial charge in [0, 0.05) is 19.1 Å². The molecular formula is C10H22N2S. The third-order valence-corrected chi connectivity index (χ3v) is 3.28. The molecule has 13 heavy (non-hydrogen) atoms. The van der Waals surface area contributed by atoms with Crippen molar-refractivity contribution in [1.82, 2.24) is 10.2 Å². The molecule has 1 N–H and O–H groups in total. The summed E-state index contributed by atoms with van der Waals surface area (Å²) >= 11 is 1.96. The highest BCUT2D eigenvalue weighted by Crippen LogP contribution is 2.08. The fraction of sp³-hybridized carbons (Fsp3) is 1.00. The highest BCUT2D eigenvalue weighted by Gasteiger charge is 2.22. The van der Waals surface area contributed by atoms with Crippen molar-refractivity contribution in [2.45, 2.75) is 25.8 Å². The first-order valence-electron chi connectivity index (χ1n) is 5.32. The second kappa shape index (κ2) is 6.68. The van der Waals surface area contributed by atoms with E-state index in [0.717, 1.165) is 6.04 Å². The van der Waals surface area contributed by atoms with Crippen LogP contribution >= 0.6 is 11.8 Å². The lowest BCUT2D eigenvalue weighted by Gasteiger charge is -2.38. The third-order valence-electron chi connectivity index (χ3n) is 2.58. The van der Waals surface area contributed by atoms with Crippen molar-refractivity contribution in [3.63, 3.8) is 0 Å². The molecule has 0 saturated carbocycles. The van der Waals surface area contributed by atoms with E-state index >= 15 is 0 Å². The van der Waals surface area contributed by atoms with Crippen LogP contribution in [0.15, 0.2) is 0 Å². The van der Waals surface area contributed by atoms with Crippen molar-refractivity contribution >= 4 is 11.8 Å². The second-order valence-electron chi connectivity index (χ2n) is 3.69. The Bertz CT molecular complexity index is 126. The highest BCUT2D eigenvalue weighted by atomic mass is 32.2. The first-order chi connectivity index (χ1) is 6.38. The quantitative estimate of drug-likeness (QED) is 0.629.